The molecule has 0 saturated heterocycles. The lowest BCUT2D eigenvalue weighted by atomic mass is 10.1. The second-order valence-corrected chi connectivity index (χ2v) is 5.36. The van der Waals surface area contributed by atoms with Crippen LogP contribution in [0.2, 0.25) is 0 Å². The number of amides is 2. The largest absolute Gasteiger partial charge is 0.348 e. The minimum atomic E-state index is -0.151. The Balaban J connectivity index is 1.87. The lowest BCUT2D eigenvalue weighted by molar-refractivity contribution is -0.116. The maximum absolute atomic E-state index is 11.8. The molecule has 0 aromatic heterocycles. The molecule has 0 spiro atoms. The SMILES string of the molecule is CN(C)C(=O)c1ccc(CNC(=O)/C=C/c2ccccc2)cc1. The van der Waals surface area contributed by atoms with E-state index in [1.54, 1.807) is 32.3 Å². The van der Waals surface area contributed by atoms with Crippen molar-refractivity contribution >= 4 is 17.9 Å². The third-order valence-corrected chi connectivity index (χ3v) is 3.30. The minimum Gasteiger partial charge on any atom is -0.348 e. The van der Waals surface area contributed by atoms with Crippen molar-refractivity contribution in [1.29, 1.82) is 0 Å². The Morgan fingerprint density at radius 1 is 1.00 bits per heavy atom. The second kappa shape index (κ2) is 7.94. The van der Waals surface area contributed by atoms with Crippen molar-refractivity contribution in [3.63, 3.8) is 0 Å². The van der Waals surface area contributed by atoms with Gasteiger partial charge < -0.3 is 10.2 Å². The molecule has 0 aliphatic rings. The molecule has 0 radical (unpaired) electrons. The van der Waals surface area contributed by atoms with Gasteiger partial charge in [-0.15, -0.1) is 0 Å². The molecule has 0 aliphatic carbocycles. The Kier molecular flexibility index (Phi) is 5.69. The summed E-state index contributed by atoms with van der Waals surface area (Å²) >= 11 is 0. The standard InChI is InChI=1S/C19H20N2O2/c1-21(2)19(23)17-11-8-16(9-12-17)14-20-18(22)13-10-15-6-4-3-5-7-15/h3-13H,14H2,1-2H3,(H,20,22)/b13-10+. The zero-order valence-corrected chi connectivity index (χ0v) is 13.3. The maximum Gasteiger partial charge on any atom is 0.253 e. The molecule has 4 heteroatoms. The van der Waals surface area contributed by atoms with Crippen LogP contribution in [0.5, 0.6) is 0 Å². The summed E-state index contributed by atoms with van der Waals surface area (Å²) in [5.74, 6) is -0.186. The smallest absolute Gasteiger partial charge is 0.253 e. The molecular formula is C19H20N2O2. The Hall–Kier alpha value is -2.88. The number of benzene rings is 2. The summed E-state index contributed by atoms with van der Waals surface area (Å²) in [4.78, 5) is 25.1. The third-order valence-electron chi connectivity index (χ3n) is 3.30. The van der Waals surface area contributed by atoms with Crippen molar-refractivity contribution in [3.8, 4) is 0 Å². The van der Waals surface area contributed by atoms with Crippen molar-refractivity contribution in [2.45, 2.75) is 6.54 Å². The number of rotatable bonds is 5. The molecule has 23 heavy (non-hydrogen) atoms. The summed E-state index contributed by atoms with van der Waals surface area (Å²) in [7, 11) is 3.44. The molecule has 0 fully saturated rings. The Morgan fingerprint density at radius 3 is 2.26 bits per heavy atom. The molecule has 2 amide bonds. The first-order valence-corrected chi connectivity index (χ1v) is 7.38. The fraction of sp³-hybridized carbons (Fsp3) is 0.158. The zero-order chi connectivity index (χ0) is 16.7. The molecule has 0 aliphatic heterocycles. The summed E-state index contributed by atoms with van der Waals surface area (Å²) in [5, 5.41) is 2.82. The van der Waals surface area contributed by atoms with E-state index in [-0.39, 0.29) is 11.8 Å². The lowest BCUT2D eigenvalue weighted by Crippen LogP contribution is -2.22. The molecule has 0 heterocycles. The predicted molar refractivity (Wildman–Crippen MR) is 91.8 cm³/mol. The quantitative estimate of drug-likeness (QED) is 0.863. The van der Waals surface area contributed by atoms with E-state index in [4.69, 9.17) is 0 Å². The average Bonchev–Trinajstić information content (AvgIpc) is 2.58. The van der Waals surface area contributed by atoms with Gasteiger partial charge in [-0.2, -0.15) is 0 Å². The summed E-state index contributed by atoms with van der Waals surface area (Å²) < 4.78 is 0. The van der Waals surface area contributed by atoms with Crippen LogP contribution >= 0.6 is 0 Å². The maximum atomic E-state index is 11.8. The molecule has 0 unspecified atom stereocenters. The van der Waals surface area contributed by atoms with Crippen molar-refractivity contribution in [2.75, 3.05) is 14.1 Å². The van der Waals surface area contributed by atoms with Crippen LogP contribution in [0.3, 0.4) is 0 Å². The number of nitrogens with zero attached hydrogens (tertiary/aromatic N) is 1. The van der Waals surface area contributed by atoms with E-state index in [1.165, 1.54) is 11.0 Å². The van der Waals surface area contributed by atoms with Crippen molar-refractivity contribution in [2.24, 2.45) is 0 Å². The summed E-state index contributed by atoms with van der Waals surface area (Å²) in [6.07, 6.45) is 3.29. The molecule has 0 bridgehead atoms. The van der Waals surface area contributed by atoms with E-state index in [2.05, 4.69) is 5.32 Å². The highest BCUT2D eigenvalue weighted by Gasteiger charge is 2.07. The summed E-state index contributed by atoms with van der Waals surface area (Å²) in [6, 6.07) is 16.9. The van der Waals surface area contributed by atoms with Gasteiger partial charge in [-0.1, -0.05) is 42.5 Å². The fourth-order valence-electron chi connectivity index (χ4n) is 2.01. The Bertz CT molecular complexity index is 689. The van der Waals surface area contributed by atoms with Gasteiger partial charge >= 0.3 is 0 Å². The van der Waals surface area contributed by atoms with Crippen LogP contribution in [-0.2, 0) is 11.3 Å². The van der Waals surface area contributed by atoms with E-state index in [9.17, 15) is 9.59 Å². The Morgan fingerprint density at radius 2 is 1.65 bits per heavy atom. The fourth-order valence-corrected chi connectivity index (χ4v) is 2.01. The molecule has 2 rings (SSSR count). The van der Waals surface area contributed by atoms with Gasteiger partial charge in [0.2, 0.25) is 5.91 Å². The molecule has 2 aromatic rings. The zero-order valence-electron chi connectivity index (χ0n) is 13.3. The van der Waals surface area contributed by atoms with Crippen LogP contribution in [0.1, 0.15) is 21.5 Å². The normalized spacial score (nSPS) is 10.5. The summed E-state index contributed by atoms with van der Waals surface area (Å²) in [6.45, 7) is 0.425. The second-order valence-electron chi connectivity index (χ2n) is 5.36. The minimum absolute atomic E-state index is 0.0358. The highest BCUT2D eigenvalue weighted by Crippen LogP contribution is 2.06. The molecule has 1 N–H and O–H groups in total. The molecule has 2 aromatic carbocycles. The van der Waals surface area contributed by atoms with Crippen LogP contribution in [0, 0.1) is 0 Å². The number of nitrogens with one attached hydrogen (secondary N) is 1. The molecule has 0 saturated carbocycles. The topological polar surface area (TPSA) is 49.4 Å². The lowest BCUT2D eigenvalue weighted by Gasteiger charge is -2.10. The van der Waals surface area contributed by atoms with Gasteiger partial charge in [0.05, 0.1) is 0 Å². The van der Waals surface area contributed by atoms with Crippen LogP contribution in [0.25, 0.3) is 6.08 Å². The van der Waals surface area contributed by atoms with Crippen LogP contribution in [0.4, 0.5) is 0 Å². The third kappa shape index (κ3) is 5.11. The van der Waals surface area contributed by atoms with E-state index in [0.29, 0.717) is 12.1 Å². The molecule has 4 nitrogen and oxygen atoms in total. The molecular weight excluding hydrogens is 288 g/mol. The van der Waals surface area contributed by atoms with Crippen LogP contribution in [0.15, 0.2) is 60.7 Å². The molecule has 0 atom stereocenters. The summed E-state index contributed by atoms with van der Waals surface area (Å²) in [5.41, 5.74) is 2.56. The molecule has 118 valence electrons. The van der Waals surface area contributed by atoms with E-state index >= 15 is 0 Å². The first kappa shape index (κ1) is 16.5. The van der Waals surface area contributed by atoms with Gasteiger partial charge in [0.1, 0.15) is 0 Å². The van der Waals surface area contributed by atoms with Gasteiger partial charge in [0.25, 0.3) is 5.91 Å². The number of carbonyl (C=O) groups excluding carboxylic acids is 2. The monoisotopic (exact) mass is 308 g/mol. The number of hydrogen-bond acceptors (Lipinski definition) is 2. The van der Waals surface area contributed by atoms with Crippen LogP contribution in [-0.4, -0.2) is 30.8 Å². The first-order chi connectivity index (χ1) is 11.1. The Labute approximate surface area is 136 Å². The number of carbonyl (C=O) groups is 2. The van der Waals surface area contributed by atoms with Crippen LogP contribution < -0.4 is 5.32 Å². The van der Waals surface area contributed by atoms with Gasteiger partial charge in [-0.25, -0.2) is 0 Å². The predicted octanol–water partition coefficient (Wildman–Crippen LogP) is 2.72. The van der Waals surface area contributed by atoms with Crippen molar-refractivity contribution < 1.29 is 9.59 Å². The van der Waals surface area contributed by atoms with Crippen molar-refractivity contribution in [3.05, 3.63) is 77.4 Å². The van der Waals surface area contributed by atoms with E-state index in [1.807, 2.05) is 42.5 Å². The van der Waals surface area contributed by atoms with Gasteiger partial charge in [0, 0.05) is 32.3 Å². The average molecular weight is 308 g/mol. The highest BCUT2D eigenvalue weighted by molar-refractivity contribution is 5.94. The van der Waals surface area contributed by atoms with Gasteiger partial charge in [-0.3, -0.25) is 9.59 Å². The van der Waals surface area contributed by atoms with E-state index in [0.717, 1.165) is 11.1 Å². The number of hydrogen-bond donors (Lipinski definition) is 1. The van der Waals surface area contributed by atoms with Gasteiger partial charge in [-0.05, 0) is 29.3 Å². The first-order valence-electron chi connectivity index (χ1n) is 7.38. The van der Waals surface area contributed by atoms with Gasteiger partial charge in [0.15, 0.2) is 0 Å². The highest BCUT2D eigenvalue weighted by atomic mass is 16.2. The van der Waals surface area contributed by atoms with Crippen molar-refractivity contribution in [1.82, 2.24) is 10.2 Å². The van der Waals surface area contributed by atoms with E-state index < -0.39 is 0 Å².